The van der Waals surface area contributed by atoms with E-state index in [4.69, 9.17) is 14.8 Å². The number of benzene rings is 1. The van der Waals surface area contributed by atoms with Crippen LogP contribution in [0.5, 0.6) is 5.75 Å². The summed E-state index contributed by atoms with van der Waals surface area (Å²) in [6.07, 6.45) is -0.544. The number of hydrogen-bond acceptors (Lipinski definition) is 6. The van der Waals surface area contributed by atoms with Crippen molar-refractivity contribution in [2.24, 2.45) is 5.16 Å². The molecular weight excluding hydrogens is 338 g/mol. The molecule has 0 bridgehead atoms. The highest BCUT2D eigenvalue weighted by molar-refractivity contribution is 6.08. The first-order chi connectivity index (χ1) is 12.2. The van der Waals surface area contributed by atoms with Gasteiger partial charge in [-0.25, -0.2) is 0 Å². The molecule has 1 atom stereocenters. The number of para-hydroxylation sites is 1. The number of rotatable bonds is 6. The lowest BCUT2D eigenvalue weighted by Crippen LogP contribution is -2.54. The Balaban J connectivity index is 2.30. The molecule has 1 unspecified atom stereocenters. The molecule has 2 rings (SSSR count). The van der Waals surface area contributed by atoms with E-state index in [1.165, 1.54) is 0 Å². The van der Waals surface area contributed by atoms with Gasteiger partial charge in [0.25, 0.3) is 5.91 Å². The van der Waals surface area contributed by atoms with Crippen molar-refractivity contribution >= 4 is 17.6 Å². The van der Waals surface area contributed by atoms with Crippen molar-refractivity contribution in [1.29, 1.82) is 5.26 Å². The van der Waals surface area contributed by atoms with Crippen LogP contribution in [0.2, 0.25) is 0 Å². The molecule has 1 aliphatic heterocycles. The number of amides is 1. The number of nitrogens with one attached hydrogen (secondary N) is 1. The topological polar surface area (TPSA) is 121 Å². The highest BCUT2D eigenvalue weighted by Gasteiger charge is 2.49. The quantitative estimate of drug-likeness (QED) is 0.799. The Morgan fingerprint density at radius 1 is 1.42 bits per heavy atom. The largest absolute Gasteiger partial charge is 0.481 e. The fourth-order valence-corrected chi connectivity index (χ4v) is 2.56. The van der Waals surface area contributed by atoms with E-state index in [-0.39, 0.29) is 13.0 Å². The van der Waals surface area contributed by atoms with Crippen LogP contribution in [0.15, 0.2) is 29.4 Å². The monoisotopic (exact) mass is 359 g/mol. The summed E-state index contributed by atoms with van der Waals surface area (Å²) in [5.74, 6) is -1.29. The van der Waals surface area contributed by atoms with Crippen molar-refractivity contribution in [2.75, 3.05) is 6.61 Å². The molecule has 1 aromatic rings. The Hall–Kier alpha value is -3.08. The third-order valence-electron chi connectivity index (χ3n) is 3.61. The average molecular weight is 359 g/mol. The third kappa shape index (κ3) is 4.51. The second kappa shape index (κ2) is 7.44. The maximum atomic E-state index is 12.7. The van der Waals surface area contributed by atoms with Crippen molar-refractivity contribution in [2.45, 2.75) is 44.8 Å². The molecular formula is C18H21N3O5. The van der Waals surface area contributed by atoms with E-state index in [1.54, 1.807) is 45.0 Å². The van der Waals surface area contributed by atoms with Crippen molar-refractivity contribution in [3.05, 3.63) is 29.8 Å². The van der Waals surface area contributed by atoms with Gasteiger partial charge < -0.3 is 20.0 Å². The fraction of sp³-hybridized carbons (Fsp3) is 0.444. The van der Waals surface area contributed by atoms with E-state index in [2.05, 4.69) is 10.5 Å². The SMILES string of the molecule is CC(C)(C)NC(=O)C1(CC(=O)O)CC(c2ccccc2OCC#N)=NO1. The van der Waals surface area contributed by atoms with Gasteiger partial charge in [0.1, 0.15) is 11.8 Å². The molecule has 0 saturated carbocycles. The van der Waals surface area contributed by atoms with Gasteiger partial charge in [0.15, 0.2) is 6.61 Å². The summed E-state index contributed by atoms with van der Waals surface area (Å²) in [7, 11) is 0. The summed E-state index contributed by atoms with van der Waals surface area (Å²) in [4.78, 5) is 29.4. The van der Waals surface area contributed by atoms with Crippen LogP contribution in [0.1, 0.15) is 39.2 Å². The molecule has 138 valence electrons. The van der Waals surface area contributed by atoms with Gasteiger partial charge in [0.05, 0.1) is 12.1 Å². The van der Waals surface area contributed by atoms with Gasteiger partial charge in [0, 0.05) is 17.5 Å². The van der Waals surface area contributed by atoms with Gasteiger partial charge in [-0.3, -0.25) is 9.59 Å². The van der Waals surface area contributed by atoms with Gasteiger partial charge in [-0.2, -0.15) is 5.26 Å². The molecule has 0 aromatic heterocycles. The molecule has 1 aliphatic rings. The number of ether oxygens (including phenoxy) is 1. The van der Waals surface area contributed by atoms with Crippen molar-refractivity contribution in [1.82, 2.24) is 5.32 Å². The maximum Gasteiger partial charge on any atom is 0.308 e. The minimum absolute atomic E-state index is 0.0197. The van der Waals surface area contributed by atoms with Crippen LogP contribution in [0.25, 0.3) is 0 Å². The molecule has 26 heavy (non-hydrogen) atoms. The van der Waals surface area contributed by atoms with Crippen molar-refractivity contribution in [3.63, 3.8) is 0 Å². The molecule has 0 saturated heterocycles. The lowest BCUT2D eigenvalue weighted by Gasteiger charge is -2.29. The summed E-state index contributed by atoms with van der Waals surface area (Å²) in [6, 6.07) is 8.76. The molecule has 1 aromatic carbocycles. The Bertz CT molecular complexity index is 776. The smallest absolute Gasteiger partial charge is 0.308 e. The summed E-state index contributed by atoms with van der Waals surface area (Å²) in [5.41, 5.74) is -1.23. The first kappa shape index (κ1) is 19.2. The number of carbonyl (C=O) groups is 2. The first-order valence-electron chi connectivity index (χ1n) is 8.05. The lowest BCUT2D eigenvalue weighted by atomic mass is 9.89. The zero-order valence-electron chi connectivity index (χ0n) is 14.9. The van der Waals surface area contributed by atoms with E-state index in [0.717, 1.165) is 0 Å². The molecule has 0 fully saturated rings. The molecule has 0 spiro atoms. The zero-order chi connectivity index (χ0) is 19.4. The number of carbonyl (C=O) groups excluding carboxylic acids is 1. The van der Waals surface area contributed by atoms with Crippen LogP contribution >= 0.6 is 0 Å². The zero-order valence-corrected chi connectivity index (χ0v) is 14.9. The minimum atomic E-state index is -1.63. The second-order valence-corrected chi connectivity index (χ2v) is 7.02. The molecule has 0 radical (unpaired) electrons. The highest BCUT2D eigenvalue weighted by Crippen LogP contribution is 2.33. The Morgan fingerprint density at radius 3 is 2.73 bits per heavy atom. The van der Waals surface area contributed by atoms with Crippen LogP contribution in [-0.4, -0.2) is 40.4 Å². The van der Waals surface area contributed by atoms with E-state index in [0.29, 0.717) is 17.0 Å². The van der Waals surface area contributed by atoms with E-state index < -0.39 is 29.4 Å². The third-order valence-corrected chi connectivity index (χ3v) is 3.61. The molecule has 1 amide bonds. The number of aliphatic carboxylic acids is 1. The number of nitriles is 1. The number of hydrogen-bond donors (Lipinski definition) is 2. The predicted molar refractivity (Wildman–Crippen MR) is 92.7 cm³/mol. The fourth-order valence-electron chi connectivity index (χ4n) is 2.56. The van der Waals surface area contributed by atoms with E-state index >= 15 is 0 Å². The summed E-state index contributed by atoms with van der Waals surface area (Å²) in [6.45, 7) is 5.24. The Labute approximate surface area is 151 Å². The number of oxime groups is 1. The van der Waals surface area contributed by atoms with Crippen molar-refractivity contribution < 1.29 is 24.3 Å². The minimum Gasteiger partial charge on any atom is -0.481 e. The highest BCUT2D eigenvalue weighted by atomic mass is 16.7. The lowest BCUT2D eigenvalue weighted by molar-refractivity contribution is -0.157. The standard InChI is InChI=1S/C18H21N3O5/c1-17(2,3)20-16(24)18(11-15(22)23)10-13(21-26-18)12-6-4-5-7-14(12)25-9-8-19/h4-7H,9-11H2,1-3H3,(H,20,24)(H,22,23). The van der Waals surface area contributed by atoms with Gasteiger partial charge in [-0.1, -0.05) is 17.3 Å². The molecule has 0 aliphatic carbocycles. The average Bonchev–Trinajstić information content (AvgIpc) is 2.96. The predicted octanol–water partition coefficient (Wildman–Crippen LogP) is 1.84. The van der Waals surface area contributed by atoms with Crippen LogP contribution in [0, 0.1) is 11.3 Å². The van der Waals surface area contributed by atoms with Crippen molar-refractivity contribution in [3.8, 4) is 11.8 Å². The van der Waals surface area contributed by atoms with E-state index in [9.17, 15) is 14.7 Å². The Kier molecular flexibility index (Phi) is 5.50. The van der Waals surface area contributed by atoms with Gasteiger partial charge in [-0.15, -0.1) is 0 Å². The summed E-state index contributed by atoms with van der Waals surface area (Å²) in [5, 5.41) is 24.7. The van der Waals surface area contributed by atoms with Gasteiger partial charge in [0.2, 0.25) is 5.60 Å². The Morgan fingerprint density at radius 2 is 2.12 bits per heavy atom. The summed E-state index contributed by atoms with van der Waals surface area (Å²) < 4.78 is 5.37. The van der Waals surface area contributed by atoms with Crippen LogP contribution in [0.4, 0.5) is 0 Å². The maximum absolute atomic E-state index is 12.7. The van der Waals surface area contributed by atoms with Gasteiger partial charge >= 0.3 is 5.97 Å². The number of nitrogens with zero attached hydrogens (tertiary/aromatic N) is 2. The molecule has 8 nitrogen and oxygen atoms in total. The molecule has 2 N–H and O–H groups in total. The normalized spacial score (nSPS) is 19.1. The number of carboxylic acid groups (broad SMARTS) is 1. The van der Waals surface area contributed by atoms with E-state index in [1.807, 2.05) is 6.07 Å². The van der Waals surface area contributed by atoms with Gasteiger partial charge in [-0.05, 0) is 32.9 Å². The first-order valence-corrected chi connectivity index (χ1v) is 8.05. The molecule has 8 heteroatoms. The molecule has 1 heterocycles. The van der Waals surface area contributed by atoms with Crippen LogP contribution < -0.4 is 10.1 Å². The number of carboxylic acids is 1. The second-order valence-electron chi connectivity index (χ2n) is 7.02. The van der Waals surface area contributed by atoms with Crippen LogP contribution in [-0.2, 0) is 14.4 Å². The summed E-state index contributed by atoms with van der Waals surface area (Å²) >= 11 is 0. The van der Waals surface area contributed by atoms with Crippen LogP contribution in [0.3, 0.4) is 0 Å².